The van der Waals surface area contributed by atoms with E-state index in [1.807, 2.05) is 0 Å². The van der Waals surface area contributed by atoms with Crippen molar-refractivity contribution in [1.29, 1.82) is 0 Å². The standard InChI is InChI=1S/C17H23ClFNO3/c18-14-10-12(19)3-4-17(14)23-9-7-20-6-1-2-15(20)13-11-22-8-5-16(13)21/h3-4,10,13,15-16,21H,1-2,5-9,11H2/t13-,15-,16-/m1/s1. The number of aliphatic hydroxyl groups is 1. The zero-order valence-electron chi connectivity index (χ0n) is 13.1. The van der Waals surface area contributed by atoms with Gasteiger partial charge in [0.2, 0.25) is 0 Å². The van der Waals surface area contributed by atoms with Gasteiger partial charge in [0.1, 0.15) is 18.2 Å². The van der Waals surface area contributed by atoms with Gasteiger partial charge < -0.3 is 14.6 Å². The van der Waals surface area contributed by atoms with Crippen molar-refractivity contribution < 1.29 is 19.0 Å². The van der Waals surface area contributed by atoms with Gasteiger partial charge >= 0.3 is 0 Å². The summed E-state index contributed by atoms with van der Waals surface area (Å²) < 4.78 is 24.3. The van der Waals surface area contributed by atoms with E-state index in [1.165, 1.54) is 12.1 Å². The van der Waals surface area contributed by atoms with E-state index < -0.39 is 0 Å². The van der Waals surface area contributed by atoms with E-state index in [0.717, 1.165) is 32.4 Å². The molecule has 23 heavy (non-hydrogen) atoms. The molecule has 2 saturated heterocycles. The smallest absolute Gasteiger partial charge is 0.138 e. The molecule has 4 nitrogen and oxygen atoms in total. The van der Waals surface area contributed by atoms with Crippen LogP contribution in [0.25, 0.3) is 0 Å². The van der Waals surface area contributed by atoms with Crippen LogP contribution in [0.2, 0.25) is 5.02 Å². The highest BCUT2D eigenvalue weighted by atomic mass is 35.5. The van der Waals surface area contributed by atoms with Crippen molar-refractivity contribution in [2.75, 3.05) is 32.9 Å². The Hall–Kier alpha value is -0.880. The normalized spacial score (nSPS) is 28.9. The van der Waals surface area contributed by atoms with Crippen molar-refractivity contribution in [2.24, 2.45) is 5.92 Å². The lowest BCUT2D eigenvalue weighted by molar-refractivity contribution is -0.0634. The quantitative estimate of drug-likeness (QED) is 0.892. The van der Waals surface area contributed by atoms with E-state index in [9.17, 15) is 9.50 Å². The Morgan fingerprint density at radius 2 is 2.26 bits per heavy atom. The van der Waals surface area contributed by atoms with Gasteiger partial charge in [-0.15, -0.1) is 0 Å². The third-order valence-corrected chi connectivity index (χ3v) is 5.10. The lowest BCUT2D eigenvalue weighted by atomic mass is 9.89. The summed E-state index contributed by atoms with van der Waals surface area (Å²) in [6.45, 7) is 3.55. The van der Waals surface area contributed by atoms with Gasteiger partial charge in [0.05, 0.1) is 17.7 Å². The van der Waals surface area contributed by atoms with Crippen molar-refractivity contribution in [3.63, 3.8) is 0 Å². The zero-order valence-corrected chi connectivity index (χ0v) is 13.8. The fourth-order valence-corrected chi connectivity index (χ4v) is 3.82. The first kappa shape index (κ1) is 17.0. The van der Waals surface area contributed by atoms with Gasteiger partial charge in [-0.1, -0.05) is 11.6 Å². The first-order valence-corrected chi connectivity index (χ1v) is 8.60. The lowest BCUT2D eigenvalue weighted by Crippen LogP contribution is -2.47. The molecular formula is C17H23ClFNO3. The van der Waals surface area contributed by atoms with Crippen LogP contribution in [0.5, 0.6) is 5.75 Å². The second kappa shape index (κ2) is 7.79. The Morgan fingerprint density at radius 3 is 3.04 bits per heavy atom. The summed E-state index contributed by atoms with van der Waals surface area (Å²) in [6, 6.07) is 4.50. The maximum absolute atomic E-state index is 13.0. The van der Waals surface area contributed by atoms with Crippen LogP contribution < -0.4 is 4.74 Å². The summed E-state index contributed by atoms with van der Waals surface area (Å²) in [6.07, 6.45) is 2.66. The van der Waals surface area contributed by atoms with Crippen LogP contribution in [0.3, 0.4) is 0 Å². The van der Waals surface area contributed by atoms with Crippen molar-refractivity contribution in [3.05, 3.63) is 29.0 Å². The van der Waals surface area contributed by atoms with E-state index in [4.69, 9.17) is 21.1 Å². The van der Waals surface area contributed by atoms with Gasteiger partial charge in [0.25, 0.3) is 0 Å². The molecule has 0 unspecified atom stereocenters. The Balaban J connectivity index is 1.52. The highest BCUT2D eigenvalue weighted by Crippen LogP contribution is 2.30. The number of halogens is 2. The Labute approximate surface area is 141 Å². The van der Waals surface area contributed by atoms with Crippen LogP contribution in [-0.4, -0.2) is 55.1 Å². The fraction of sp³-hybridized carbons (Fsp3) is 0.647. The average molecular weight is 344 g/mol. The predicted molar refractivity (Wildman–Crippen MR) is 86.4 cm³/mol. The summed E-state index contributed by atoms with van der Waals surface area (Å²) in [7, 11) is 0. The summed E-state index contributed by atoms with van der Waals surface area (Å²) in [5.74, 6) is 0.318. The summed E-state index contributed by atoms with van der Waals surface area (Å²) in [4.78, 5) is 2.36. The molecule has 0 aliphatic carbocycles. The fourth-order valence-electron chi connectivity index (χ4n) is 3.60. The molecule has 6 heteroatoms. The zero-order chi connectivity index (χ0) is 16.2. The lowest BCUT2D eigenvalue weighted by Gasteiger charge is -2.37. The maximum Gasteiger partial charge on any atom is 0.138 e. The minimum atomic E-state index is -0.367. The van der Waals surface area contributed by atoms with E-state index in [1.54, 1.807) is 6.07 Å². The maximum atomic E-state index is 13.0. The molecule has 0 radical (unpaired) electrons. The molecule has 2 fully saturated rings. The van der Waals surface area contributed by atoms with Crippen molar-refractivity contribution in [3.8, 4) is 5.75 Å². The number of benzene rings is 1. The van der Waals surface area contributed by atoms with Crippen molar-refractivity contribution >= 4 is 11.6 Å². The first-order chi connectivity index (χ1) is 11.1. The van der Waals surface area contributed by atoms with Crippen molar-refractivity contribution in [1.82, 2.24) is 4.90 Å². The Bertz CT molecular complexity index is 531. The number of nitrogens with zero attached hydrogens (tertiary/aromatic N) is 1. The number of rotatable bonds is 5. The molecular weight excluding hydrogens is 321 g/mol. The second-order valence-electron chi connectivity index (χ2n) is 6.26. The molecule has 3 atom stereocenters. The van der Waals surface area contributed by atoms with E-state index in [-0.39, 0.29) is 17.8 Å². The van der Waals surface area contributed by atoms with Crippen molar-refractivity contribution in [2.45, 2.75) is 31.4 Å². The molecule has 0 aromatic heterocycles. The van der Waals surface area contributed by atoms with Crippen LogP contribution in [0.4, 0.5) is 4.39 Å². The van der Waals surface area contributed by atoms with Gasteiger partial charge in [-0.25, -0.2) is 4.39 Å². The highest BCUT2D eigenvalue weighted by Gasteiger charge is 2.37. The number of hydrogen-bond donors (Lipinski definition) is 1. The second-order valence-corrected chi connectivity index (χ2v) is 6.67. The van der Waals surface area contributed by atoms with Gasteiger partial charge in [0.15, 0.2) is 0 Å². The Morgan fingerprint density at radius 1 is 1.39 bits per heavy atom. The number of likely N-dealkylation sites (tertiary alicyclic amines) is 1. The van der Waals surface area contributed by atoms with Gasteiger partial charge in [-0.05, 0) is 44.0 Å². The molecule has 0 bridgehead atoms. The summed E-state index contributed by atoms with van der Waals surface area (Å²) in [5.41, 5.74) is 0. The van der Waals surface area contributed by atoms with E-state index >= 15 is 0 Å². The number of hydrogen-bond acceptors (Lipinski definition) is 4. The minimum Gasteiger partial charge on any atom is -0.491 e. The molecule has 0 amide bonds. The third-order valence-electron chi connectivity index (χ3n) is 4.80. The molecule has 0 spiro atoms. The average Bonchev–Trinajstić information content (AvgIpc) is 2.98. The summed E-state index contributed by atoms with van der Waals surface area (Å²) >= 11 is 5.97. The molecule has 1 N–H and O–H groups in total. The number of aliphatic hydroxyl groups excluding tert-OH is 1. The largest absolute Gasteiger partial charge is 0.491 e. The predicted octanol–water partition coefficient (Wildman–Crippen LogP) is 2.72. The van der Waals surface area contributed by atoms with Crippen LogP contribution >= 0.6 is 11.6 Å². The molecule has 2 aliphatic rings. The monoisotopic (exact) mass is 343 g/mol. The molecule has 3 rings (SSSR count). The molecule has 0 saturated carbocycles. The molecule has 2 aliphatic heterocycles. The van der Waals surface area contributed by atoms with E-state index in [2.05, 4.69) is 4.90 Å². The summed E-state index contributed by atoms with van der Waals surface area (Å²) in [5, 5.41) is 10.5. The SMILES string of the molecule is O[C@@H]1CCOC[C@@H]1[C@H]1CCCN1CCOc1ccc(F)cc1Cl. The van der Waals surface area contributed by atoms with Gasteiger partial charge in [-0.3, -0.25) is 4.90 Å². The molecule has 128 valence electrons. The van der Waals surface area contributed by atoms with Crippen LogP contribution in [-0.2, 0) is 4.74 Å². The van der Waals surface area contributed by atoms with Crippen LogP contribution in [0.1, 0.15) is 19.3 Å². The van der Waals surface area contributed by atoms with Crippen LogP contribution in [0.15, 0.2) is 18.2 Å². The topological polar surface area (TPSA) is 41.9 Å². The van der Waals surface area contributed by atoms with Crippen LogP contribution in [0, 0.1) is 11.7 Å². The number of ether oxygens (including phenoxy) is 2. The van der Waals surface area contributed by atoms with Gasteiger partial charge in [0, 0.05) is 25.1 Å². The van der Waals surface area contributed by atoms with Gasteiger partial charge in [-0.2, -0.15) is 0 Å². The minimum absolute atomic E-state index is 0.181. The Kier molecular flexibility index (Phi) is 5.75. The molecule has 1 aromatic rings. The van der Waals surface area contributed by atoms with E-state index in [0.29, 0.717) is 36.6 Å². The third kappa shape index (κ3) is 4.15. The first-order valence-electron chi connectivity index (χ1n) is 8.23. The highest BCUT2D eigenvalue weighted by molar-refractivity contribution is 6.32. The molecule has 2 heterocycles. The molecule has 1 aromatic carbocycles.